The Morgan fingerprint density at radius 2 is 2.05 bits per heavy atom. The van der Waals surface area contributed by atoms with Crippen molar-refractivity contribution in [2.45, 2.75) is 19.4 Å². The molecule has 0 aliphatic rings. The van der Waals surface area contributed by atoms with Gasteiger partial charge >= 0.3 is 0 Å². The van der Waals surface area contributed by atoms with E-state index in [1.165, 1.54) is 0 Å². The third kappa shape index (κ3) is 3.58. The Morgan fingerprint density at radius 1 is 1.35 bits per heavy atom. The average Bonchev–Trinajstić information content (AvgIpc) is 2.39. The number of fused-ring (bicyclic) bond motifs is 1. The van der Waals surface area contributed by atoms with Gasteiger partial charge in [-0.1, -0.05) is 18.2 Å². The van der Waals surface area contributed by atoms with Crippen LogP contribution < -0.4 is 16.2 Å². The number of pyridine rings is 1. The molecule has 1 heterocycles. The fourth-order valence-electron chi connectivity index (χ4n) is 1.98. The first-order chi connectivity index (χ1) is 9.37. The van der Waals surface area contributed by atoms with Crippen molar-refractivity contribution >= 4 is 32.3 Å². The molecule has 2 aromatic rings. The van der Waals surface area contributed by atoms with Gasteiger partial charge in [-0.2, -0.15) is 0 Å². The Morgan fingerprint density at radius 3 is 2.75 bits per heavy atom. The molecule has 0 aliphatic heterocycles. The number of nitrogens with zero attached hydrogens (tertiary/aromatic N) is 1. The van der Waals surface area contributed by atoms with Crippen molar-refractivity contribution in [3.63, 3.8) is 0 Å². The van der Waals surface area contributed by atoms with E-state index in [0.29, 0.717) is 12.1 Å². The van der Waals surface area contributed by atoms with Crippen LogP contribution in [0.25, 0.3) is 10.9 Å². The van der Waals surface area contributed by atoms with E-state index in [1.807, 2.05) is 31.2 Å². The normalized spacial score (nSPS) is 13.3. The fourth-order valence-corrected chi connectivity index (χ4v) is 2.66. The summed E-state index contributed by atoms with van der Waals surface area (Å²) in [7, 11) is -3.45. The van der Waals surface area contributed by atoms with Gasteiger partial charge in [-0.05, 0) is 19.4 Å². The molecule has 20 heavy (non-hydrogen) atoms. The standard InChI is InChI=1S/C13H18N4O2S/c1-9(6-7-20(15,18)19)17-13-10-4-2-3-5-12(10)16-8-11(13)14/h2-5,8-9H,6-7,14H2,1H3,(H,16,17)(H2,15,18,19). The first-order valence-corrected chi connectivity index (χ1v) is 7.98. The van der Waals surface area contributed by atoms with Crippen LogP contribution in [-0.2, 0) is 10.0 Å². The Labute approximate surface area is 118 Å². The van der Waals surface area contributed by atoms with Crippen LogP contribution in [0.3, 0.4) is 0 Å². The monoisotopic (exact) mass is 294 g/mol. The van der Waals surface area contributed by atoms with Gasteiger partial charge in [0.05, 0.1) is 28.8 Å². The minimum atomic E-state index is -3.45. The second kappa shape index (κ2) is 5.64. The minimum absolute atomic E-state index is 0.0654. The number of nitrogen functional groups attached to an aromatic ring is 1. The molecule has 2 rings (SSSR count). The van der Waals surface area contributed by atoms with Gasteiger partial charge in [0.15, 0.2) is 0 Å². The molecule has 0 fully saturated rings. The Balaban J connectivity index is 2.22. The molecular weight excluding hydrogens is 276 g/mol. The van der Waals surface area contributed by atoms with Gasteiger partial charge < -0.3 is 11.1 Å². The highest BCUT2D eigenvalue weighted by Crippen LogP contribution is 2.28. The van der Waals surface area contributed by atoms with Crippen molar-refractivity contribution in [2.75, 3.05) is 16.8 Å². The number of para-hydroxylation sites is 1. The van der Waals surface area contributed by atoms with E-state index in [4.69, 9.17) is 10.9 Å². The summed E-state index contributed by atoms with van der Waals surface area (Å²) in [6, 6.07) is 7.56. The van der Waals surface area contributed by atoms with Crippen molar-refractivity contribution in [2.24, 2.45) is 5.14 Å². The first kappa shape index (κ1) is 14.5. The van der Waals surface area contributed by atoms with Gasteiger partial charge in [0.2, 0.25) is 10.0 Å². The van der Waals surface area contributed by atoms with Crippen LogP contribution in [0.4, 0.5) is 11.4 Å². The first-order valence-electron chi connectivity index (χ1n) is 6.27. The predicted octanol–water partition coefficient (Wildman–Crippen LogP) is 1.30. The third-order valence-corrected chi connectivity index (χ3v) is 3.84. The summed E-state index contributed by atoms with van der Waals surface area (Å²) in [6.45, 7) is 1.89. The number of rotatable bonds is 5. The average molecular weight is 294 g/mol. The van der Waals surface area contributed by atoms with E-state index in [0.717, 1.165) is 16.6 Å². The van der Waals surface area contributed by atoms with Crippen LogP contribution in [0.2, 0.25) is 0 Å². The summed E-state index contributed by atoms with van der Waals surface area (Å²) in [5.41, 5.74) is 8.09. The fraction of sp³-hybridized carbons (Fsp3) is 0.308. The third-order valence-electron chi connectivity index (χ3n) is 3.03. The molecule has 7 heteroatoms. The number of nitrogens with two attached hydrogens (primary N) is 2. The van der Waals surface area contributed by atoms with Crippen LogP contribution in [0.5, 0.6) is 0 Å². The zero-order chi connectivity index (χ0) is 14.8. The van der Waals surface area contributed by atoms with Crippen molar-refractivity contribution in [1.29, 1.82) is 0 Å². The molecule has 0 aliphatic carbocycles. The van der Waals surface area contributed by atoms with Crippen molar-refractivity contribution in [1.82, 2.24) is 4.98 Å². The summed E-state index contributed by atoms with van der Waals surface area (Å²) < 4.78 is 22.0. The summed E-state index contributed by atoms with van der Waals surface area (Å²) >= 11 is 0. The second-order valence-electron chi connectivity index (χ2n) is 4.81. The molecule has 1 atom stereocenters. The van der Waals surface area contributed by atoms with Crippen molar-refractivity contribution < 1.29 is 8.42 Å². The van der Waals surface area contributed by atoms with E-state index in [-0.39, 0.29) is 11.8 Å². The summed E-state index contributed by atoms with van der Waals surface area (Å²) in [5.74, 6) is -0.0654. The lowest BCUT2D eigenvalue weighted by Crippen LogP contribution is -2.24. The molecular formula is C13H18N4O2S. The lowest BCUT2D eigenvalue weighted by atomic mass is 10.1. The van der Waals surface area contributed by atoms with Crippen molar-refractivity contribution in [3.05, 3.63) is 30.5 Å². The lowest BCUT2D eigenvalue weighted by Gasteiger charge is -2.18. The van der Waals surface area contributed by atoms with Crippen LogP contribution >= 0.6 is 0 Å². The van der Waals surface area contributed by atoms with E-state index < -0.39 is 10.0 Å². The molecule has 0 saturated carbocycles. The number of sulfonamides is 1. The molecule has 1 unspecified atom stereocenters. The van der Waals surface area contributed by atoms with Crippen LogP contribution in [0.15, 0.2) is 30.5 Å². The van der Waals surface area contributed by atoms with Crippen LogP contribution in [-0.4, -0.2) is 25.2 Å². The summed E-state index contributed by atoms with van der Waals surface area (Å²) in [5, 5.41) is 9.16. The molecule has 0 spiro atoms. The highest BCUT2D eigenvalue weighted by molar-refractivity contribution is 7.89. The maximum atomic E-state index is 11.0. The van der Waals surface area contributed by atoms with Crippen LogP contribution in [0, 0.1) is 0 Å². The number of hydrogen-bond donors (Lipinski definition) is 3. The summed E-state index contributed by atoms with van der Waals surface area (Å²) in [4.78, 5) is 4.25. The molecule has 5 N–H and O–H groups in total. The minimum Gasteiger partial charge on any atom is -0.396 e. The topological polar surface area (TPSA) is 111 Å². The van der Waals surface area contributed by atoms with E-state index in [2.05, 4.69) is 10.3 Å². The number of hydrogen-bond acceptors (Lipinski definition) is 5. The predicted molar refractivity (Wildman–Crippen MR) is 81.8 cm³/mol. The molecule has 6 nitrogen and oxygen atoms in total. The van der Waals surface area contributed by atoms with Gasteiger partial charge in [-0.15, -0.1) is 0 Å². The molecule has 0 saturated heterocycles. The zero-order valence-corrected chi connectivity index (χ0v) is 12.0. The Bertz CT molecular complexity index is 715. The van der Waals surface area contributed by atoms with Crippen molar-refractivity contribution in [3.8, 4) is 0 Å². The maximum Gasteiger partial charge on any atom is 0.209 e. The molecule has 0 amide bonds. The number of benzene rings is 1. The number of nitrogens with one attached hydrogen (secondary N) is 1. The molecule has 1 aromatic heterocycles. The smallest absolute Gasteiger partial charge is 0.209 e. The molecule has 0 radical (unpaired) electrons. The number of primary sulfonamides is 1. The Hall–Kier alpha value is -1.86. The van der Waals surface area contributed by atoms with Gasteiger partial charge in [0.1, 0.15) is 0 Å². The van der Waals surface area contributed by atoms with E-state index in [1.54, 1.807) is 6.20 Å². The summed E-state index contributed by atoms with van der Waals surface area (Å²) in [6.07, 6.45) is 2.01. The number of anilines is 2. The van der Waals surface area contributed by atoms with E-state index in [9.17, 15) is 8.42 Å². The lowest BCUT2D eigenvalue weighted by molar-refractivity contribution is 0.591. The Kier molecular flexibility index (Phi) is 4.10. The van der Waals surface area contributed by atoms with Crippen LogP contribution in [0.1, 0.15) is 13.3 Å². The SMILES string of the molecule is CC(CCS(N)(=O)=O)Nc1c(N)cnc2ccccc12. The van der Waals surface area contributed by atoms with E-state index >= 15 is 0 Å². The molecule has 108 valence electrons. The van der Waals surface area contributed by atoms with Gasteiger partial charge in [-0.25, -0.2) is 13.6 Å². The van der Waals surface area contributed by atoms with Gasteiger partial charge in [0, 0.05) is 11.4 Å². The quantitative estimate of drug-likeness (QED) is 0.769. The van der Waals surface area contributed by atoms with Gasteiger partial charge in [0.25, 0.3) is 0 Å². The highest BCUT2D eigenvalue weighted by Gasteiger charge is 2.12. The van der Waals surface area contributed by atoms with Gasteiger partial charge in [-0.3, -0.25) is 4.98 Å². The number of aromatic nitrogens is 1. The maximum absolute atomic E-state index is 11.0. The largest absolute Gasteiger partial charge is 0.396 e. The molecule has 1 aromatic carbocycles. The second-order valence-corrected chi connectivity index (χ2v) is 6.54. The molecule has 0 bridgehead atoms. The zero-order valence-electron chi connectivity index (χ0n) is 11.2. The highest BCUT2D eigenvalue weighted by atomic mass is 32.2.